The Morgan fingerprint density at radius 2 is 2.14 bits per heavy atom. The monoisotopic (exact) mass is 194 g/mol. The van der Waals surface area contributed by atoms with Gasteiger partial charge in [-0.05, 0) is 18.6 Å². The molecule has 76 valence electrons. The lowest BCUT2D eigenvalue weighted by Crippen LogP contribution is -2.00. The number of Topliss-reactive ketones (excluding diaryl/α,β-unsaturated/α-hetero) is 2. The van der Waals surface area contributed by atoms with Crippen molar-refractivity contribution in [3.05, 3.63) is 24.2 Å². The standard InChI is InChI=1S/C11H14O3/c1-2-9(12)5-3-6-10(13)11-7-4-8-14-11/h4,7-8H,2-3,5-6H2,1H3. The highest BCUT2D eigenvalue weighted by molar-refractivity contribution is 5.93. The van der Waals surface area contributed by atoms with Gasteiger partial charge in [0.15, 0.2) is 11.5 Å². The second kappa shape index (κ2) is 5.37. The van der Waals surface area contributed by atoms with Crippen LogP contribution in [0, 0.1) is 0 Å². The Kier molecular flexibility index (Phi) is 4.11. The highest BCUT2D eigenvalue weighted by atomic mass is 16.3. The van der Waals surface area contributed by atoms with Crippen LogP contribution in [0.2, 0.25) is 0 Å². The zero-order valence-corrected chi connectivity index (χ0v) is 8.29. The number of hydrogen-bond acceptors (Lipinski definition) is 3. The fraction of sp³-hybridized carbons (Fsp3) is 0.455. The van der Waals surface area contributed by atoms with Crippen molar-refractivity contribution in [1.82, 2.24) is 0 Å². The van der Waals surface area contributed by atoms with Crippen molar-refractivity contribution in [3.8, 4) is 0 Å². The van der Waals surface area contributed by atoms with E-state index in [4.69, 9.17) is 4.42 Å². The predicted octanol–water partition coefficient (Wildman–Crippen LogP) is 2.61. The second-order valence-electron chi connectivity index (χ2n) is 3.15. The van der Waals surface area contributed by atoms with E-state index in [-0.39, 0.29) is 11.6 Å². The minimum absolute atomic E-state index is 0.0288. The number of ketones is 2. The van der Waals surface area contributed by atoms with Gasteiger partial charge in [-0.3, -0.25) is 9.59 Å². The fourth-order valence-corrected chi connectivity index (χ4v) is 1.18. The van der Waals surface area contributed by atoms with Gasteiger partial charge in [-0.2, -0.15) is 0 Å². The van der Waals surface area contributed by atoms with Crippen molar-refractivity contribution in [2.24, 2.45) is 0 Å². The summed E-state index contributed by atoms with van der Waals surface area (Å²) in [5, 5.41) is 0. The normalized spacial score (nSPS) is 10.1. The molecule has 3 heteroatoms. The predicted molar refractivity (Wildman–Crippen MR) is 52.2 cm³/mol. The molecule has 0 bridgehead atoms. The molecule has 0 aliphatic carbocycles. The van der Waals surface area contributed by atoms with Gasteiger partial charge in [0.1, 0.15) is 5.78 Å². The summed E-state index contributed by atoms with van der Waals surface area (Å²) in [6.07, 6.45) is 3.52. The molecule has 0 unspecified atom stereocenters. The number of furan rings is 1. The lowest BCUT2D eigenvalue weighted by atomic mass is 10.1. The smallest absolute Gasteiger partial charge is 0.197 e. The number of rotatable bonds is 6. The van der Waals surface area contributed by atoms with E-state index >= 15 is 0 Å². The van der Waals surface area contributed by atoms with Crippen LogP contribution < -0.4 is 0 Å². The quantitative estimate of drug-likeness (QED) is 0.654. The van der Waals surface area contributed by atoms with Crippen LogP contribution in [0.4, 0.5) is 0 Å². The first-order chi connectivity index (χ1) is 6.74. The summed E-state index contributed by atoms with van der Waals surface area (Å²) in [7, 11) is 0. The minimum Gasteiger partial charge on any atom is -0.461 e. The van der Waals surface area contributed by atoms with Gasteiger partial charge in [-0.25, -0.2) is 0 Å². The highest BCUT2D eigenvalue weighted by Crippen LogP contribution is 2.08. The van der Waals surface area contributed by atoms with Crippen molar-refractivity contribution in [3.63, 3.8) is 0 Å². The van der Waals surface area contributed by atoms with Gasteiger partial charge >= 0.3 is 0 Å². The molecule has 0 saturated carbocycles. The Labute approximate surface area is 83.1 Å². The summed E-state index contributed by atoms with van der Waals surface area (Å²) in [5.74, 6) is 0.560. The zero-order chi connectivity index (χ0) is 10.4. The molecule has 0 saturated heterocycles. The first-order valence-electron chi connectivity index (χ1n) is 4.82. The molecular weight excluding hydrogens is 180 g/mol. The average Bonchev–Trinajstić information content (AvgIpc) is 2.70. The van der Waals surface area contributed by atoms with Crippen LogP contribution >= 0.6 is 0 Å². The first kappa shape index (κ1) is 10.7. The summed E-state index contributed by atoms with van der Waals surface area (Å²) in [6, 6.07) is 3.33. The summed E-state index contributed by atoms with van der Waals surface area (Å²) < 4.78 is 4.94. The van der Waals surface area contributed by atoms with E-state index in [1.807, 2.05) is 6.92 Å². The van der Waals surface area contributed by atoms with Gasteiger partial charge < -0.3 is 4.42 Å². The molecular formula is C11H14O3. The summed E-state index contributed by atoms with van der Waals surface area (Å²) >= 11 is 0. The van der Waals surface area contributed by atoms with Crippen molar-refractivity contribution in [2.45, 2.75) is 32.6 Å². The Bertz CT molecular complexity index is 298. The molecule has 0 amide bonds. The summed E-state index contributed by atoms with van der Waals surface area (Å²) in [6.45, 7) is 1.83. The third-order valence-electron chi connectivity index (χ3n) is 2.05. The van der Waals surface area contributed by atoms with Crippen molar-refractivity contribution >= 4 is 11.6 Å². The average molecular weight is 194 g/mol. The molecule has 1 aromatic rings. The second-order valence-corrected chi connectivity index (χ2v) is 3.15. The Balaban J connectivity index is 2.26. The van der Waals surface area contributed by atoms with Crippen LogP contribution in [0.25, 0.3) is 0 Å². The summed E-state index contributed by atoms with van der Waals surface area (Å²) in [5.41, 5.74) is 0. The molecule has 0 aliphatic heterocycles. The maximum Gasteiger partial charge on any atom is 0.197 e. The molecule has 0 aromatic carbocycles. The van der Waals surface area contributed by atoms with Crippen LogP contribution in [-0.4, -0.2) is 11.6 Å². The Morgan fingerprint density at radius 3 is 2.71 bits per heavy atom. The molecule has 1 aromatic heterocycles. The van der Waals surface area contributed by atoms with E-state index < -0.39 is 0 Å². The van der Waals surface area contributed by atoms with Crippen LogP contribution in [0.5, 0.6) is 0 Å². The molecule has 0 radical (unpaired) electrons. The first-order valence-corrected chi connectivity index (χ1v) is 4.82. The molecule has 0 fully saturated rings. The van der Waals surface area contributed by atoms with E-state index in [0.717, 1.165) is 0 Å². The molecule has 3 nitrogen and oxygen atoms in total. The van der Waals surface area contributed by atoms with Crippen molar-refractivity contribution in [2.75, 3.05) is 0 Å². The molecule has 1 heterocycles. The minimum atomic E-state index is -0.0288. The van der Waals surface area contributed by atoms with Crippen LogP contribution in [0.1, 0.15) is 43.2 Å². The van der Waals surface area contributed by atoms with Crippen LogP contribution in [-0.2, 0) is 4.79 Å². The molecule has 0 spiro atoms. The Hall–Kier alpha value is -1.38. The van der Waals surface area contributed by atoms with E-state index in [2.05, 4.69) is 0 Å². The van der Waals surface area contributed by atoms with E-state index in [9.17, 15) is 9.59 Å². The Morgan fingerprint density at radius 1 is 1.36 bits per heavy atom. The van der Waals surface area contributed by atoms with Gasteiger partial charge in [-0.1, -0.05) is 6.92 Å². The maximum absolute atomic E-state index is 11.4. The third kappa shape index (κ3) is 3.17. The largest absolute Gasteiger partial charge is 0.461 e. The number of hydrogen-bond donors (Lipinski definition) is 0. The lowest BCUT2D eigenvalue weighted by Gasteiger charge is -1.96. The van der Waals surface area contributed by atoms with Crippen LogP contribution in [0.15, 0.2) is 22.8 Å². The third-order valence-corrected chi connectivity index (χ3v) is 2.05. The van der Waals surface area contributed by atoms with E-state index in [1.54, 1.807) is 12.1 Å². The highest BCUT2D eigenvalue weighted by Gasteiger charge is 2.08. The lowest BCUT2D eigenvalue weighted by molar-refractivity contribution is -0.118. The van der Waals surface area contributed by atoms with Crippen molar-refractivity contribution in [1.29, 1.82) is 0 Å². The van der Waals surface area contributed by atoms with Gasteiger partial charge in [-0.15, -0.1) is 0 Å². The van der Waals surface area contributed by atoms with E-state index in [0.29, 0.717) is 31.4 Å². The number of carbonyl (C=O) groups excluding carboxylic acids is 2. The van der Waals surface area contributed by atoms with E-state index in [1.165, 1.54) is 6.26 Å². The fourth-order valence-electron chi connectivity index (χ4n) is 1.18. The number of carbonyl (C=O) groups is 2. The van der Waals surface area contributed by atoms with Gasteiger partial charge in [0.2, 0.25) is 0 Å². The van der Waals surface area contributed by atoms with Gasteiger partial charge in [0.05, 0.1) is 6.26 Å². The van der Waals surface area contributed by atoms with Gasteiger partial charge in [0, 0.05) is 19.3 Å². The van der Waals surface area contributed by atoms with Crippen molar-refractivity contribution < 1.29 is 14.0 Å². The topological polar surface area (TPSA) is 47.3 Å². The molecule has 14 heavy (non-hydrogen) atoms. The maximum atomic E-state index is 11.4. The van der Waals surface area contributed by atoms with Crippen LogP contribution in [0.3, 0.4) is 0 Å². The molecule has 0 N–H and O–H groups in total. The molecule has 0 aliphatic rings. The summed E-state index contributed by atoms with van der Waals surface area (Å²) in [4.78, 5) is 22.3. The molecule has 1 rings (SSSR count). The SMILES string of the molecule is CCC(=O)CCCC(=O)c1ccco1. The van der Waals surface area contributed by atoms with Gasteiger partial charge in [0.25, 0.3) is 0 Å². The zero-order valence-electron chi connectivity index (χ0n) is 8.29. The molecule has 0 atom stereocenters.